The number of ether oxygens (including phenoxy) is 2. The molecule has 0 aromatic heterocycles. The summed E-state index contributed by atoms with van der Waals surface area (Å²) in [4.78, 5) is 13.2. The van der Waals surface area contributed by atoms with E-state index in [1.165, 1.54) is 0 Å². The molecule has 1 aliphatic rings. The Morgan fingerprint density at radius 1 is 1.17 bits per heavy atom. The summed E-state index contributed by atoms with van der Waals surface area (Å²) in [5, 5.41) is 5.34. The van der Waals surface area contributed by atoms with E-state index in [2.05, 4.69) is 32.2 Å². The molecule has 1 amide bonds. The molecule has 0 bridgehead atoms. The Bertz CT molecular complexity index is 1070. The van der Waals surface area contributed by atoms with E-state index in [0.29, 0.717) is 12.8 Å². The first-order chi connectivity index (χ1) is 14.4. The fourth-order valence-corrected chi connectivity index (χ4v) is 4.14. The van der Waals surface area contributed by atoms with Crippen molar-refractivity contribution in [1.82, 2.24) is 5.32 Å². The van der Waals surface area contributed by atoms with Crippen molar-refractivity contribution in [3.8, 4) is 11.5 Å². The predicted octanol–water partition coefficient (Wildman–Crippen LogP) is 5.72. The van der Waals surface area contributed by atoms with E-state index >= 15 is 0 Å². The average Bonchev–Trinajstić information content (AvgIpc) is 2.72. The molecular formula is C26H29NO3. The van der Waals surface area contributed by atoms with Crippen molar-refractivity contribution < 1.29 is 14.3 Å². The number of rotatable bonds is 5. The standard InChI is InChI=1S/C26H29NO3/c1-5-22(29-23-12-8-10-18-9-6-7-11-19(18)23)25(28)27-21-16-26(3,4)30-24-14-13-17(2)15-20(21)24/h6-15,21-22H,5,16H2,1-4H3,(H,27,28). The molecule has 30 heavy (non-hydrogen) atoms. The van der Waals surface area contributed by atoms with Gasteiger partial charge in [0.05, 0.1) is 6.04 Å². The lowest BCUT2D eigenvalue weighted by atomic mass is 9.88. The molecular weight excluding hydrogens is 374 g/mol. The summed E-state index contributed by atoms with van der Waals surface area (Å²) in [6.45, 7) is 8.14. The normalized spacial score (nSPS) is 18.2. The minimum atomic E-state index is -0.560. The van der Waals surface area contributed by atoms with E-state index in [4.69, 9.17) is 9.47 Å². The summed E-state index contributed by atoms with van der Waals surface area (Å²) in [5.41, 5.74) is 1.83. The molecule has 4 rings (SSSR count). The lowest BCUT2D eigenvalue weighted by Gasteiger charge is -2.38. The van der Waals surface area contributed by atoms with Gasteiger partial charge in [-0.25, -0.2) is 0 Å². The molecule has 2 atom stereocenters. The molecule has 0 saturated carbocycles. The van der Waals surface area contributed by atoms with Crippen LogP contribution in [0.5, 0.6) is 11.5 Å². The number of fused-ring (bicyclic) bond motifs is 2. The van der Waals surface area contributed by atoms with Crippen LogP contribution in [-0.2, 0) is 4.79 Å². The number of hydrogen-bond donors (Lipinski definition) is 1. The molecule has 3 aromatic carbocycles. The summed E-state index contributed by atoms with van der Waals surface area (Å²) in [6.07, 6.45) is 0.734. The van der Waals surface area contributed by atoms with Gasteiger partial charge in [-0.2, -0.15) is 0 Å². The van der Waals surface area contributed by atoms with Gasteiger partial charge in [0.25, 0.3) is 5.91 Å². The van der Waals surface area contributed by atoms with Crippen molar-refractivity contribution in [1.29, 1.82) is 0 Å². The smallest absolute Gasteiger partial charge is 0.261 e. The predicted molar refractivity (Wildman–Crippen MR) is 120 cm³/mol. The first-order valence-electron chi connectivity index (χ1n) is 10.6. The molecule has 0 saturated heterocycles. The maximum Gasteiger partial charge on any atom is 0.261 e. The average molecular weight is 404 g/mol. The van der Waals surface area contributed by atoms with Gasteiger partial charge in [0.15, 0.2) is 6.10 Å². The van der Waals surface area contributed by atoms with Crippen LogP contribution in [0.4, 0.5) is 0 Å². The summed E-state index contributed by atoms with van der Waals surface area (Å²) >= 11 is 0. The van der Waals surface area contributed by atoms with Crippen LogP contribution in [0, 0.1) is 6.92 Å². The number of carbonyl (C=O) groups excluding carboxylic acids is 1. The van der Waals surface area contributed by atoms with Crippen LogP contribution in [0.3, 0.4) is 0 Å². The monoisotopic (exact) mass is 403 g/mol. The highest BCUT2D eigenvalue weighted by molar-refractivity contribution is 5.89. The number of amides is 1. The quantitative estimate of drug-likeness (QED) is 0.592. The van der Waals surface area contributed by atoms with E-state index in [9.17, 15) is 4.79 Å². The second kappa shape index (κ2) is 8.02. The summed E-state index contributed by atoms with van der Waals surface area (Å²) < 4.78 is 12.3. The number of aryl methyl sites for hydroxylation is 1. The Balaban J connectivity index is 1.57. The van der Waals surface area contributed by atoms with E-state index < -0.39 is 6.10 Å². The number of nitrogens with one attached hydrogen (secondary N) is 1. The molecule has 1 heterocycles. The maximum absolute atomic E-state index is 13.2. The fraction of sp³-hybridized carbons (Fsp3) is 0.346. The van der Waals surface area contributed by atoms with Gasteiger partial charge in [-0.05, 0) is 44.7 Å². The fourth-order valence-electron chi connectivity index (χ4n) is 4.14. The Hall–Kier alpha value is -3.01. The molecule has 0 spiro atoms. The number of hydrogen-bond acceptors (Lipinski definition) is 3. The zero-order chi connectivity index (χ0) is 21.3. The van der Waals surface area contributed by atoms with Crippen LogP contribution in [0.25, 0.3) is 10.8 Å². The molecule has 1 N–H and O–H groups in total. The molecule has 3 aromatic rings. The second-order valence-electron chi connectivity index (χ2n) is 8.66. The summed E-state index contributed by atoms with van der Waals surface area (Å²) in [7, 11) is 0. The van der Waals surface area contributed by atoms with Crippen LogP contribution >= 0.6 is 0 Å². The number of benzene rings is 3. The van der Waals surface area contributed by atoms with Crippen molar-refractivity contribution in [3.05, 3.63) is 71.8 Å². The topological polar surface area (TPSA) is 47.6 Å². The van der Waals surface area contributed by atoms with E-state index in [1.807, 2.05) is 61.5 Å². The molecule has 0 aliphatic carbocycles. The number of carbonyl (C=O) groups is 1. The highest BCUT2D eigenvalue weighted by atomic mass is 16.5. The minimum Gasteiger partial charge on any atom is -0.487 e. The van der Waals surface area contributed by atoms with Crippen molar-refractivity contribution >= 4 is 16.7 Å². The molecule has 4 heteroatoms. The second-order valence-corrected chi connectivity index (χ2v) is 8.66. The molecule has 1 aliphatic heterocycles. The van der Waals surface area contributed by atoms with E-state index in [0.717, 1.165) is 33.4 Å². The molecule has 0 fully saturated rings. The van der Waals surface area contributed by atoms with Crippen molar-refractivity contribution in [3.63, 3.8) is 0 Å². The lowest BCUT2D eigenvalue weighted by molar-refractivity contribution is -0.129. The van der Waals surface area contributed by atoms with Crippen molar-refractivity contribution in [2.75, 3.05) is 0 Å². The van der Waals surface area contributed by atoms with Gasteiger partial charge in [0.2, 0.25) is 0 Å². The molecule has 0 radical (unpaired) electrons. The van der Waals surface area contributed by atoms with Crippen LogP contribution < -0.4 is 14.8 Å². The third-order valence-electron chi connectivity index (χ3n) is 5.62. The Kier molecular flexibility index (Phi) is 5.42. The Labute approximate surface area is 178 Å². The van der Waals surface area contributed by atoms with Gasteiger partial charge in [-0.15, -0.1) is 0 Å². The van der Waals surface area contributed by atoms with Crippen molar-refractivity contribution in [2.45, 2.75) is 58.3 Å². The summed E-state index contributed by atoms with van der Waals surface area (Å²) in [6, 6.07) is 20.0. The zero-order valence-electron chi connectivity index (χ0n) is 18.1. The van der Waals surface area contributed by atoms with E-state index in [-0.39, 0.29) is 17.6 Å². The molecule has 4 nitrogen and oxygen atoms in total. The van der Waals surface area contributed by atoms with Gasteiger partial charge in [-0.3, -0.25) is 4.79 Å². The third-order valence-corrected chi connectivity index (χ3v) is 5.62. The van der Waals surface area contributed by atoms with Crippen LogP contribution in [0.1, 0.15) is 50.8 Å². The molecule has 2 unspecified atom stereocenters. The SMILES string of the molecule is CCC(Oc1cccc2ccccc12)C(=O)NC1CC(C)(C)Oc2ccc(C)cc21. The first kappa shape index (κ1) is 20.3. The highest BCUT2D eigenvalue weighted by Gasteiger charge is 2.35. The Morgan fingerprint density at radius 3 is 2.73 bits per heavy atom. The molecule has 156 valence electrons. The van der Waals surface area contributed by atoms with Gasteiger partial charge in [-0.1, -0.05) is 61.0 Å². The van der Waals surface area contributed by atoms with Gasteiger partial charge >= 0.3 is 0 Å². The third kappa shape index (κ3) is 4.13. The van der Waals surface area contributed by atoms with Gasteiger partial charge in [0.1, 0.15) is 17.1 Å². The van der Waals surface area contributed by atoms with Crippen molar-refractivity contribution in [2.24, 2.45) is 0 Å². The van der Waals surface area contributed by atoms with Crippen LogP contribution in [0.15, 0.2) is 60.7 Å². The van der Waals surface area contributed by atoms with Gasteiger partial charge in [0, 0.05) is 17.4 Å². The van der Waals surface area contributed by atoms with Crippen LogP contribution in [-0.4, -0.2) is 17.6 Å². The maximum atomic E-state index is 13.2. The highest BCUT2D eigenvalue weighted by Crippen LogP contribution is 2.40. The first-order valence-corrected chi connectivity index (χ1v) is 10.6. The summed E-state index contributed by atoms with van der Waals surface area (Å²) in [5.74, 6) is 1.48. The lowest BCUT2D eigenvalue weighted by Crippen LogP contribution is -2.45. The minimum absolute atomic E-state index is 0.0967. The van der Waals surface area contributed by atoms with Crippen LogP contribution in [0.2, 0.25) is 0 Å². The van der Waals surface area contributed by atoms with Gasteiger partial charge < -0.3 is 14.8 Å². The zero-order valence-corrected chi connectivity index (χ0v) is 18.1. The largest absolute Gasteiger partial charge is 0.487 e. The Morgan fingerprint density at radius 2 is 1.93 bits per heavy atom. The van der Waals surface area contributed by atoms with E-state index in [1.54, 1.807) is 0 Å².